The highest BCUT2D eigenvalue weighted by Crippen LogP contribution is 2.26. The van der Waals surface area contributed by atoms with Gasteiger partial charge >= 0.3 is 0 Å². The van der Waals surface area contributed by atoms with Crippen molar-refractivity contribution in [2.45, 2.75) is 90.1 Å². The second kappa shape index (κ2) is 13.5. The van der Waals surface area contributed by atoms with Crippen molar-refractivity contribution in [1.29, 1.82) is 0 Å². The number of amides is 2. The van der Waals surface area contributed by atoms with Crippen molar-refractivity contribution in [2.75, 3.05) is 32.7 Å². The molecule has 2 saturated heterocycles. The van der Waals surface area contributed by atoms with Crippen molar-refractivity contribution in [3.05, 3.63) is 0 Å². The lowest BCUT2D eigenvalue weighted by molar-refractivity contribution is -0.135. The molecular weight excluding hydrogens is 505 g/mol. The van der Waals surface area contributed by atoms with E-state index in [1.165, 1.54) is 25.7 Å². The van der Waals surface area contributed by atoms with Gasteiger partial charge in [0.1, 0.15) is 0 Å². The zero-order chi connectivity index (χ0) is 21.3. The Morgan fingerprint density at radius 3 is 2.45 bits per heavy atom. The number of likely N-dealkylation sites (tertiary alicyclic amines) is 2. The summed E-state index contributed by atoms with van der Waals surface area (Å²) in [6.07, 6.45) is 10.6. The fourth-order valence-electron chi connectivity index (χ4n) is 5.07. The minimum atomic E-state index is 0. The molecule has 3 aliphatic rings. The Hall–Kier alpha value is -1.06. The summed E-state index contributed by atoms with van der Waals surface area (Å²) in [7, 11) is 0. The summed E-state index contributed by atoms with van der Waals surface area (Å²) in [4.78, 5) is 34.0. The third-order valence-electron chi connectivity index (χ3n) is 6.86. The van der Waals surface area contributed by atoms with Crippen molar-refractivity contribution in [2.24, 2.45) is 10.9 Å². The molecular formula is C23H42IN5O2. The number of nitrogens with one attached hydrogen (secondary N) is 2. The van der Waals surface area contributed by atoms with Gasteiger partial charge in [0, 0.05) is 50.6 Å². The molecule has 2 N–H and O–H groups in total. The quantitative estimate of drug-likeness (QED) is 0.305. The minimum Gasteiger partial charge on any atom is -0.357 e. The zero-order valence-corrected chi connectivity index (χ0v) is 21.7. The lowest BCUT2D eigenvalue weighted by Gasteiger charge is -2.33. The molecule has 3 rings (SSSR count). The number of rotatable bonds is 6. The van der Waals surface area contributed by atoms with Gasteiger partial charge in [-0.25, -0.2) is 0 Å². The molecule has 0 aromatic carbocycles. The molecule has 2 unspecified atom stereocenters. The van der Waals surface area contributed by atoms with Gasteiger partial charge in [-0.1, -0.05) is 19.3 Å². The van der Waals surface area contributed by atoms with E-state index in [0.717, 1.165) is 64.2 Å². The van der Waals surface area contributed by atoms with Crippen LogP contribution in [0.2, 0.25) is 0 Å². The van der Waals surface area contributed by atoms with Crippen LogP contribution >= 0.6 is 24.0 Å². The maximum Gasteiger partial charge on any atom is 0.225 e. The molecule has 0 aromatic rings. The normalized spacial score (nSPS) is 25.2. The van der Waals surface area contributed by atoms with Gasteiger partial charge in [0.25, 0.3) is 0 Å². The third-order valence-corrected chi connectivity index (χ3v) is 6.86. The second-order valence-electron chi connectivity index (χ2n) is 9.19. The minimum absolute atomic E-state index is 0. The largest absolute Gasteiger partial charge is 0.357 e. The van der Waals surface area contributed by atoms with Crippen LogP contribution < -0.4 is 10.6 Å². The Morgan fingerprint density at radius 2 is 1.74 bits per heavy atom. The van der Waals surface area contributed by atoms with Crippen LogP contribution in [0.1, 0.15) is 78.1 Å². The van der Waals surface area contributed by atoms with E-state index < -0.39 is 0 Å². The van der Waals surface area contributed by atoms with E-state index in [1.807, 2.05) is 16.7 Å². The highest BCUT2D eigenvalue weighted by molar-refractivity contribution is 14.0. The summed E-state index contributed by atoms with van der Waals surface area (Å²) < 4.78 is 0. The van der Waals surface area contributed by atoms with Gasteiger partial charge in [-0.2, -0.15) is 0 Å². The Bertz CT molecular complexity index is 609. The average molecular weight is 548 g/mol. The molecule has 3 fully saturated rings. The van der Waals surface area contributed by atoms with Crippen LogP contribution in [0.4, 0.5) is 0 Å². The van der Waals surface area contributed by atoms with Gasteiger partial charge in [0.15, 0.2) is 5.96 Å². The van der Waals surface area contributed by atoms with Gasteiger partial charge in [0.2, 0.25) is 11.8 Å². The number of hydrogen-bond acceptors (Lipinski definition) is 3. The fourth-order valence-corrected chi connectivity index (χ4v) is 5.07. The summed E-state index contributed by atoms with van der Waals surface area (Å²) in [5, 5.41) is 6.78. The first-order valence-electron chi connectivity index (χ1n) is 12.2. The van der Waals surface area contributed by atoms with Crippen LogP contribution in [0, 0.1) is 5.92 Å². The highest BCUT2D eigenvalue weighted by Gasteiger charge is 2.31. The molecule has 31 heavy (non-hydrogen) atoms. The van der Waals surface area contributed by atoms with E-state index in [-0.39, 0.29) is 41.8 Å². The summed E-state index contributed by atoms with van der Waals surface area (Å²) in [6.45, 7) is 7.93. The predicted octanol–water partition coefficient (Wildman–Crippen LogP) is 3.13. The van der Waals surface area contributed by atoms with E-state index in [9.17, 15) is 9.59 Å². The Balaban J connectivity index is 0.00000341. The summed E-state index contributed by atoms with van der Waals surface area (Å²) in [6, 6.07) is 0.584. The molecule has 0 radical (unpaired) electrons. The number of guanidine groups is 1. The third kappa shape index (κ3) is 7.79. The van der Waals surface area contributed by atoms with Crippen LogP contribution in [0.25, 0.3) is 0 Å². The molecule has 2 atom stereocenters. The number of carbonyl (C=O) groups is 2. The van der Waals surface area contributed by atoms with E-state index in [4.69, 9.17) is 0 Å². The number of hydrogen-bond donors (Lipinski definition) is 2. The topological polar surface area (TPSA) is 77.0 Å². The van der Waals surface area contributed by atoms with Crippen LogP contribution in [0.3, 0.4) is 0 Å². The van der Waals surface area contributed by atoms with Gasteiger partial charge in [-0.05, 0) is 52.4 Å². The first-order valence-corrected chi connectivity index (χ1v) is 12.2. The molecule has 8 heteroatoms. The lowest BCUT2D eigenvalue weighted by Crippen LogP contribution is -2.46. The number of nitrogens with zero attached hydrogens (tertiary/aromatic N) is 3. The number of aliphatic imine (C=N–C) groups is 1. The summed E-state index contributed by atoms with van der Waals surface area (Å²) in [5.41, 5.74) is 0. The number of halogens is 1. The van der Waals surface area contributed by atoms with E-state index in [1.54, 1.807) is 0 Å². The summed E-state index contributed by atoms with van der Waals surface area (Å²) in [5.74, 6) is 1.56. The zero-order valence-electron chi connectivity index (χ0n) is 19.4. The number of piperidine rings is 1. The molecule has 2 heterocycles. The van der Waals surface area contributed by atoms with Crippen molar-refractivity contribution in [3.8, 4) is 0 Å². The molecule has 0 bridgehead atoms. The van der Waals surface area contributed by atoms with E-state index in [2.05, 4.69) is 22.5 Å². The van der Waals surface area contributed by atoms with Crippen molar-refractivity contribution in [1.82, 2.24) is 20.4 Å². The summed E-state index contributed by atoms with van der Waals surface area (Å²) >= 11 is 0. The van der Waals surface area contributed by atoms with Crippen molar-refractivity contribution >= 4 is 41.8 Å². The first-order chi connectivity index (χ1) is 14.6. The van der Waals surface area contributed by atoms with Crippen molar-refractivity contribution in [3.63, 3.8) is 0 Å². The molecule has 7 nitrogen and oxygen atoms in total. The molecule has 1 aliphatic carbocycles. The highest BCUT2D eigenvalue weighted by atomic mass is 127. The van der Waals surface area contributed by atoms with Gasteiger partial charge in [0.05, 0.1) is 6.54 Å². The van der Waals surface area contributed by atoms with E-state index in [0.29, 0.717) is 24.9 Å². The second-order valence-corrected chi connectivity index (χ2v) is 9.19. The maximum absolute atomic E-state index is 12.8. The van der Waals surface area contributed by atoms with Gasteiger partial charge in [-0.15, -0.1) is 24.0 Å². The van der Waals surface area contributed by atoms with Gasteiger partial charge < -0.3 is 20.4 Å². The number of carbonyl (C=O) groups excluding carboxylic acids is 2. The van der Waals surface area contributed by atoms with Crippen LogP contribution in [0.15, 0.2) is 4.99 Å². The molecule has 2 aliphatic heterocycles. The molecule has 178 valence electrons. The monoisotopic (exact) mass is 547 g/mol. The Morgan fingerprint density at radius 1 is 1.00 bits per heavy atom. The average Bonchev–Trinajstić information content (AvgIpc) is 3.22. The smallest absolute Gasteiger partial charge is 0.225 e. The predicted molar refractivity (Wildman–Crippen MR) is 136 cm³/mol. The maximum atomic E-state index is 12.8. The molecule has 2 amide bonds. The molecule has 1 saturated carbocycles. The lowest BCUT2D eigenvalue weighted by atomic mass is 9.88. The first kappa shape index (κ1) is 26.2. The molecule has 0 spiro atoms. The van der Waals surface area contributed by atoms with Crippen LogP contribution in [-0.4, -0.2) is 72.4 Å². The Labute approximate surface area is 205 Å². The standard InChI is InChI=1S/C23H41N5O2.HI/c1-3-24-23(25-14-12-21(29)28-15-8-7-9-18(28)2)26-20-13-16-27(17-20)22(30)19-10-5-4-6-11-19;/h18-20H,3-17H2,1-2H3,(H2,24,25,26);1H. The molecule has 0 aromatic heterocycles. The van der Waals surface area contributed by atoms with Crippen molar-refractivity contribution < 1.29 is 9.59 Å². The van der Waals surface area contributed by atoms with Crippen LogP contribution in [-0.2, 0) is 9.59 Å². The fraction of sp³-hybridized carbons (Fsp3) is 0.870. The SMILES string of the molecule is CCNC(=NCCC(=O)N1CCCCC1C)NC1CCN(C(=O)C2CCCCC2)C1.I. The van der Waals surface area contributed by atoms with Gasteiger partial charge in [-0.3, -0.25) is 14.6 Å². The van der Waals surface area contributed by atoms with Crippen LogP contribution in [0.5, 0.6) is 0 Å². The van der Waals surface area contributed by atoms with E-state index >= 15 is 0 Å². The Kier molecular flexibility index (Phi) is 11.4.